The van der Waals surface area contributed by atoms with Crippen molar-refractivity contribution < 1.29 is 14.0 Å². The molecule has 2 heterocycles. The van der Waals surface area contributed by atoms with E-state index in [0.29, 0.717) is 18.5 Å². The van der Waals surface area contributed by atoms with Gasteiger partial charge in [-0.2, -0.15) is 0 Å². The predicted octanol–water partition coefficient (Wildman–Crippen LogP) is 4.66. The third-order valence-electron chi connectivity index (χ3n) is 6.03. The van der Waals surface area contributed by atoms with E-state index < -0.39 is 0 Å². The fraction of sp³-hybridized carbons (Fsp3) is 0.360. The second kappa shape index (κ2) is 8.92. The molecular formula is C25H28FN3O2. The monoisotopic (exact) mass is 421 g/mol. The SMILES string of the molecule is CCCN1C(=O)C(Nc2ccc(N3CCC(C)CC3)cc2)=C(c2ccc(F)cc2)C1=O. The first-order valence-electron chi connectivity index (χ1n) is 11.0. The molecule has 0 unspecified atom stereocenters. The van der Waals surface area contributed by atoms with Crippen molar-refractivity contribution in [1.82, 2.24) is 4.90 Å². The number of carbonyl (C=O) groups excluding carboxylic acids is 2. The summed E-state index contributed by atoms with van der Waals surface area (Å²) < 4.78 is 13.4. The molecule has 0 aliphatic carbocycles. The van der Waals surface area contributed by atoms with Crippen molar-refractivity contribution in [2.75, 3.05) is 29.9 Å². The van der Waals surface area contributed by atoms with Crippen LogP contribution in [0, 0.1) is 11.7 Å². The van der Waals surface area contributed by atoms with E-state index >= 15 is 0 Å². The Hall–Kier alpha value is -3.15. The lowest BCUT2D eigenvalue weighted by molar-refractivity contribution is -0.136. The molecule has 5 nitrogen and oxygen atoms in total. The molecule has 2 aliphatic rings. The number of hydrogen-bond donors (Lipinski definition) is 1. The van der Waals surface area contributed by atoms with Crippen molar-refractivity contribution in [1.29, 1.82) is 0 Å². The summed E-state index contributed by atoms with van der Waals surface area (Å²) >= 11 is 0. The van der Waals surface area contributed by atoms with Crippen molar-refractivity contribution in [3.05, 3.63) is 65.6 Å². The van der Waals surface area contributed by atoms with Gasteiger partial charge in [-0.1, -0.05) is 26.0 Å². The normalized spacial score (nSPS) is 17.6. The molecule has 0 radical (unpaired) electrons. The average Bonchev–Trinajstić information content (AvgIpc) is 3.00. The number of nitrogens with one attached hydrogen (secondary N) is 1. The zero-order valence-corrected chi connectivity index (χ0v) is 18.0. The molecule has 2 aromatic rings. The van der Waals surface area contributed by atoms with Crippen LogP contribution in [0.25, 0.3) is 5.57 Å². The van der Waals surface area contributed by atoms with Crippen LogP contribution in [0.5, 0.6) is 0 Å². The highest BCUT2D eigenvalue weighted by molar-refractivity contribution is 6.36. The first-order chi connectivity index (χ1) is 15.0. The lowest BCUT2D eigenvalue weighted by Crippen LogP contribution is -2.33. The molecule has 1 fully saturated rings. The van der Waals surface area contributed by atoms with Gasteiger partial charge in [0.05, 0.1) is 5.57 Å². The van der Waals surface area contributed by atoms with Gasteiger partial charge in [0.1, 0.15) is 11.5 Å². The lowest BCUT2D eigenvalue weighted by atomic mass is 9.99. The Labute approximate surface area is 182 Å². The Morgan fingerprint density at radius 3 is 2.23 bits per heavy atom. The highest BCUT2D eigenvalue weighted by atomic mass is 19.1. The summed E-state index contributed by atoms with van der Waals surface area (Å²) in [4.78, 5) is 29.6. The van der Waals surface area contributed by atoms with E-state index in [1.807, 2.05) is 31.2 Å². The third-order valence-corrected chi connectivity index (χ3v) is 6.03. The number of rotatable bonds is 6. The molecule has 0 bridgehead atoms. The van der Waals surface area contributed by atoms with E-state index in [4.69, 9.17) is 0 Å². The highest BCUT2D eigenvalue weighted by Gasteiger charge is 2.38. The summed E-state index contributed by atoms with van der Waals surface area (Å²) in [6, 6.07) is 13.6. The van der Waals surface area contributed by atoms with Crippen molar-refractivity contribution in [3.63, 3.8) is 0 Å². The maximum atomic E-state index is 13.4. The number of carbonyl (C=O) groups is 2. The number of hydrogen-bond acceptors (Lipinski definition) is 4. The molecule has 2 amide bonds. The van der Waals surface area contributed by atoms with Gasteiger partial charge in [0.25, 0.3) is 11.8 Å². The molecule has 2 aliphatic heterocycles. The van der Waals surface area contributed by atoms with Crippen molar-refractivity contribution in [3.8, 4) is 0 Å². The predicted molar refractivity (Wildman–Crippen MR) is 121 cm³/mol. The highest BCUT2D eigenvalue weighted by Crippen LogP contribution is 2.31. The molecule has 0 atom stereocenters. The van der Waals surface area contributed by atoms with Crippen molar-refractivity contribution in [2.45, 2.75) is 33.1 Å². The van der Waals surface area contributed by atoms with Crippen LogP contribution >= 0.6 is 0 Å². The van der Waals surface area contributed by atoms with Gasteiger partial charge in [0.15, 0.2) is 0 Å². The largest absolute Gasteiger partial charge is 0.372 e. The van der Waals surface area contributed by atoms with Gasteiger partial charge < -0.3 is 10.2 Å². The first-order valence-corrected chi connectivity index (χ1v) is 11.0. The molecule has 2 aromatic carbocycles. The Bertz CT molecular complexity index is 990. The van der Waals surface area contributed by atoms with Crippen LogP contribution in [-0.2, 0) is 9.59 Å². The summed E-state index contributed by atoms with van der Waals surface area (Å²) in [5.74, 6) is -0.310. The minimum atomic E-state index is -0.385. The second-order valence-electron chi connectivity index (χ2n) is 8.36. The maximum absolute atomic E-state index is 13.4. The molecule has 0 aromatic heterocycles. The molecule has 0 saturated carbocycles. The quantitative estimate of drug-likeness (QED) is 0.689. The molecule has 6 heteroatoms. The Balaban J connectivity index is 1.61. The molecule has 0 spiro atoms. The van der Waals surface area contributed by atoms with Crippen LogP contribution in [0.4, 0.5) is 15.8 Å². The number of benzene rings is 2. The van der Waals surface area contributed by atoms with Crippen LogP contribution in [0.15, 0.2) is 54.2 Å². The summed E-state index contributed by atoms with van der Waals surface area (Å²) in [5, 5.41) is 3.17. The Morgan fingerprint density at radius 2 is 1.61 bits per heavy atom. The molecule has 31 heavy (non-hydrogen) atoms. The van der Waals surface area contributed by atoms with Gasteiger partial charge in [-0.15, -0.1) is 0 Å². The van der Waals surface area contributed by atoms with Crippen molar-refractivity contribution >= 4 is 28.8 Å². The van der Waals surface area contributed by atoms with Crippen LogP contribution in [0.1, 0.15) is 38.7 Å². The third kappa shape index (κ3) is 4.33. The fourth-order valence-corrected chi connectivity index (χ4v) is 4.17. The van der Waals surface area contributed by atoms with E-state index in [-0.39, 0.29) is 28.9 Å². The molecule has 4 rings (SSSR count). The second-order valence-corrected chi connectivity index (χ2v) is 8.36. The number of imide groups is 1. The van der Waals surface area contributed by atoms with E-state index in [0.717, 1.165) is 30.4 Å². The number of piperidine rings is 1. The van der Waals surface area contributed by atoms with Gasteiger partial charge in [-0.25, -0.2) is 4.39 Å². The number of anilines is 2. The van der Waals surface area contributed by atoms with E-state index in [9.17, 15) is 14.0 Å². The van der Waals surface area contributed by atoms with Crippen LogP contribution in [0.3, 0.4) is 0 Å². The van der Waals surface area contributed by atoms with Gasteiger partial charge >= 0.3 is 0 Å². The lowest BCUT2D eigenvalue weighted by Gasteiger charge is -2.32. The van der Waals surface area contributed by atoms with E-state index in [1.54, 1.807) is 0 Å². The number of nitrogens with zero attached hydrogens (tertiary/aromatic N) is 2. The molecular weight excluding hydrogens is 393 g/mol. The van der Waals surface area contributed by atoms with Gasteiger partial charge in [0, 0.05) is 31.0 Å². The molecule has 1 saturated heterocycles. The zero-order valence-electron chi connectivity index (χ0n) is 18.0. The van der Waals surface area contributed by atoms with Crippen molar-refractivity contribution in [2.24, 2.45) is 5.92 Å². The Kier molecular flexibility index (Phi) is 6.07. The summed E-state index contributed by atoms with van der Waals surface area (Å²) in [6.07, 6.45) is 3.06. The summed E-state index contributed by atoms with van der Waals surface area (Å²) in [7, 11) is 0. The minimum absolute atomic E-state index is 0.240. The minimum Gasteiger partial charge on any atom is -0.372 e. The first kappa shape index (κ1) is 21.1. The van der Waals surface area contributed by atoms with Gasteiger partial charge in [-0.3, -0.25) is 14.5 Å². The maximum Gasteiger partial charge on any atom is 0.278 e. The topological polar surface area (TPSA) is 52.7 Å². The van der Waals surface area contributed by atoms with Crippen LogP contribution in [-0.4, -0.2) is 36.3 Å². The molecule has 162 valence electrons. The number of amides is 2. The van der Waals surface area contributed by atoms with E-state index in [1.165, 1.54) is 42.0 Å². The summed E-state index contributed by atoms with van der Waals surface area (Å²) in [6.45, 7) is 6.65. The van der Waals surface area contributed by atoms with Gasteiger partial charge in [0.2, 0.25) is 0 Å². The number of halogens is 1. The molecule has 1 N–H and O–H groups in total. The fourth-order valence-electron chi connectivity index (χ4n) is 4.17. The van der Waals surface area contributed by atoms with Crippen LogP contribution in [0.2, 0.25) is 0 Å². The van der Waals surface area contributed by atoms with Gasteiger partial charge in [-0.05, 0) is 67.1 Å². The van der Waals surface area contributed by atoms with Crippen LogP contribution < -0.4 is 10.2 Å². The average molecular weight is 422 g/mol. The standard InChI is InChI=1S/C25H28FN3O2/c1-3-14-29-24(30)22(18-4-6-19(26)7-5-18)23(25(29)31)27-20-8-10-21(11-9-20)28-15-12-17(2)13-16-28/h4-11,17,27H,3,12-16H2,1-2H3. The Morgan fingerprint density at radius 1 is 0.968 bits per heavy atom. The van der Waals surface area contributed by atoms with E-state index in [2.05, 4.69) is 17.1 Å². The zero-order chi connectivity index (χ0) is 22.0. The smallest absolute Gasteiger partial charge is 0.278 e. The summed E-state index contributed by atoms with van der Waals surface area (Å²) in [5.41, 5.74) is 2.95.